The number of aliphatic hydroxyl groups excluding tert-OH is 1. The second-order valence-corrected chi connectivity index (χ2v) is 6.55. The highest BCUT2D eigenvalue weighted by Crippen LogP contribution is 2.42. The third-order valence-electron chi connectivity index (χ3n) is 4.38. The Morgan fingerprint density at radius 1 is 1.07 bits per heavy atom. The fourth-order valence-electron chi connectivity index (χ4n) is 3.07. The Morgan fingerprint density at radius 2 is 1.70 bits per heavy atom. The number of halogens is 2. The molecule has 0 aromatic heterocycles. The zero-order chi connectivity index (χ0) is 19.9. The van der Waals surface area contributed by atoms with E-state index in [-0.39, 0.29) is 17.0 Å². The van der Waals surface area contributed by atoms with Gasteiger partial charge in [0, 0.05) is 12.0 Å². The lowest BCUT2D eigenvalue weighted by atomic mass is 9.91. The average molecular weight is 373 g/mol. The van der Waals surface area contributed by atoms with Crippen molar-refractivity contribution in [1.29, 1.82) is 0 Å². The topological polar surface area (TPSA) is 77.8 Å². The maximum Gasteiger partial charge on any atom is 0.294 e. The standard InChI is InChI=1S/C20H17F2NO4/c1-10(2)18(25)16-17(11-3-6-13(24)7-4-11)23(20(27)19(16)26)15-8-5-12(21)9-14(15)22/h3-10,17,24,26H,1-2H3. The van der Waals surface area contributed by atoms with Crippen molar-refractivity contribution < 1.29 is 28.6 Å². The summed E-state index contributed by atoms with van der Waals surface area (Å²) in [4.78, 5) is 26.3. The van der Waals surface area contributed by atoms with E-state index in [0.29, 0.717) is 11.6 Å². The Hall–Kier alpha value is -3.22. The first-order chi connectivity index (χ1) is 12.7. The van der Waals surface area contributed by atoms with Crippen LogP contribution in [0.3, 0.4) is 0 Å². The molecule has 0 radical (unpaired) electrons. The Balaban J connectivity index is 2.21. The lowest BCUT2D eigenvalue weighted by Gasteiger charge is -2.27. The lowest BCUT2D eigenvalue weighted by Crippen LogP contribution is -2.32. The molecule has 2 aromatic carbocycles. The quantitative estimate of drug-likeness (QED) is 0.855. The largest absolute Gasteiger partial charge is 0.508 e. The van der Waals surface area contributed by atoms with Crippen molar-refractivity contribution >= 4 is 17.4 Å². The van der Waals surface area contributed by atoms with Crippen molar-refractivity contribution in [3.05, 3.63) is 71.0 Å². The minimum absolute atomic E-state index is 0.0347. The van der Waals surface area contributed by atoms with Gasteiger partial charge in [-0.15, -0.1) is 0 Å². The van der Waals surface area contributed by atoms with Gasteiger partial charge >= 0.3 is 0 Å². The predicted molar refractivity (Wildman–Crippen MR) is 94.2 cm³/mol. The Kier molecular flexibility index (Phi) is 4.70. The van der Waals surface area contributed by atoms with Gasteiger partial charge in [0.2, 0.25) is 0 Å². The maximum atomic E-state index is 14.4. The number of aliphatic hydroxyl groups is 1. The first-order valence-electron chi connectivity index (χ1n) is 8.27. The fraction of sp³-hybridized carbons (Fsp3) is 0.200. The van der Waals surface area contributed by atoms with E-state index in [4.69, 9.17) is 0 Å². The molecule has 0 aliphatic carbocycles. The molecule has 140 valence electrons. The molecule has 0 spiro atoms. The number of rotatable bonds is 4. The normalized spacial score (nSPS) is 17.1. The van der Waals surface area contributed by atoms with Crippen LogP contribution in [-0.4, -0.2) is 21.9 Å². The molecule has 5 nitrogen and oxygen atoms in total. The third-order valence-corrected chi connectivity index (χ3v) is 4.38. The molecule has 2 aromatic rings. The van der Waals surface area contributed by atoms with E-state index in [9.17, 15) is 28.6 Å². The van der Waals surface area contributed by atoms with Crippen molar-refractivity contribution in [3.63, 3.8) is 0 Å². The van der Waals surface area contributed by atoms with Gasteiger partial charge in [0.15, 0.2) is 11.5 Å². The SMILES string of the molecule is CC(C)C(=O)C1=C(O)C(=O)N(c2ccc(F)cc2F)C1c1ccc(O)cc1. The van der Waals surface area contributed by atoms with Crippen LogP contribution < -0.4 is 4.90 Å². The molecule has 0 bridgehead atoms. The van der Waals surface area contributed by atoms with Crippen LogP contribution in [0.25, 0.3) is 0 Å². The first kappa shape index (κ1) is 18.6. The number of nitrogens with zero attached hydrogens (tertiary/aromatic N) is 1. The zero-order valence-corrected chi connectivity index (χ0v) is 14.6. The molecule has 0 saturated carbocycles. The summed E-state index contributed by atoms with van der Waals surface area (Å²) in [6.45, 7) is 3.23. The van der Waals surface area contributed by atoms with E-state index >= 15 is 0 Å². The van der Waals surface area contributed by atoms with Crippen LogP contribution in [0.5, 0.6) is 5.75 Å². The summed E-state index contributed by atoms with van der Waals surface area (Å²) in [6.07, 6.45) is 0. The van der Waals surface area contributed by atoms with Crippen LogP contribution >= 0.6 is 0 Å². The van der Waals surface area contributed by atoms with E-state index in [1.165, 1.54) is 24.3 Å². The number of amides is 1. The van der Waals surface area contributed by atoms with Crippen molar-refractivity contribution in [2.75, 3.05) is 4.90 Å². The molecule has 3 rings (SSSR count). The lowest BCUT2D eigenvalue weighted by molar-refractivity contribution is -0.119. The van der Waals surface area contributed by atoms with Gasteiger partial charge in [-0.25, -0.2) is 8.78 Å². The number of phenols is 1. The molecule has 1 aliphatic rings. The van der Waals surface area contributed by atoms with E-state index in [1.807, 2.05) is 0 Å². The third kappa shape index (κ3) is 3.16. The van der Waals surface area contributed by atoms with Crippen LogP contribution in [0.2, 0.25) is 0 Å². The molecule has 1 aliphatic heterocycles. The van der Waals surface area contributed by atoms with E-state index < -0.39 is 41.0 Å². The van der Waals surface area contributed by atoms with E-state index in [1.54, 1.807) is 13.8 Å². The summed E-state index contributed by atoms with van der Waals surface area (Å²) in [5.41, 5.74) is -0.0417. The predicted octanol–water partition coefficient (Wildman–Crippen LogP) is 3.80. The molecule has 0 fully saturated rings. The van der Waals surface area contributed by atoms with Crippen LogP contribution in [0.15, 0.2) is 53.8 Å². The number of ketones is 1. The summed E-state index contributed by atoms with van der Waals surface area (Å²) in [5.74, 6) is -4.57. The van der Waals surface area contributed by atoms with Crippen LogP contribution in [0, 0.1) is 17.6 Å². The van der Waals surface area contributed by atoms with Gasteiger partial charge in [0.25, 0.3) is 5.91 Å². The maximum absolute atomic E-state index is 14.4. The van der Waals surface area contributed by atoms with Crippen molar-refractivity contribution in [1.82, 2.24) is 0 Å². The molecule has 1 atom stereocenters. The Morgan fingerprint density at radius 3 is 2.26 bits per heavy atom. The number of hydrogen-bond donors (Lipinski definition) is 2. The number of hydrogen-bond acceptors (Lipinski definition) is 4. The van der Waals surface area contributed by atoms with E-state index in [2.05, 4.69) is 0 Å². The van der Waals surface area contributed by atoms with Gasteiger partial charge in [-0.1, -0.05) is 26.0 Å². The second kappa shape index (κ2) is 6.83. The highest BCUT2D eigenvalue weighted by molar-refractivity contribution is 6.16. The first-order valence-corrected chi connectivity index (χ1v) is 8.27. The monoisotopic (exact) mass is 373 g/mol. The van der Waals surface area contributed by atoms with Gasteiger partial charge in [-0.05, 0) is 29.8 Å². The second-order valence-electron chi connectivity index (χ2n) is 6.55. The van der Waals surface area contributed by atoms with Crippen molar-refractivity contribution in [2.45, 2.75) is 19.9 Å². The molecular formula is C20H17F2NO4. The number of anilines is 1. The van der Waals surface area contributed by atoms with Gasteiger partial charge in [0.05, 0.1) is 17.3 Å². The van der Waals surface area contributed by atoms with Gasteiger partial charge < -0.3 is 10.2 Å². The molecular weight excluding hydrogens is 356 g/mol. The summed E-state index contributed by atoms with van der Waals surface area (Å²) in [6, 6.07) is 7.22. The molecule has 7 heteroatoms. The minimum atomic E-state index is -1.10. The van der Waals surface area contributed by atoms with Crippen LogP contribution in [0.4, 0.5) is 14.5 Å². The Bertz CT molecular complexity index is 951. The average Bonchev–Trinajstić information content (AvgIpc) is 2.87. The minimum Gasteiger partial charge on any atom is -0.508 e. The fourth-order valence-corrected chi connectivity index (χ4v) is 3.07. The number of Topliss-reactive ketones (excluding diaryl/α,β-unsaturated/α-hetero) is 1. The summed E-state index contributed by atoms with van der Waals surface area (Å²) < 4.78 is 27.7. The van der Waals surface area contributed by atoms with Crippen LogP contribution in [-0.2, 0) is 9.59 Å². The Labute approximate surface area is 154 Å². The number of phenolic OH excluding ortho intramolecular Hbond substituents is 1. The van der Waals surface area contributed by atoms with E-state index in [0.717, 1.165) is 17.0 Å². The molecule has 1 amide bonds. The van der Waals surface area contributed by atoms with Crippen molar-refractivity contribution in [2.24, 2.45) is 5.92 Å². The number of aromatic hydroxyl groups is 1. The molecule has 1 unspecified atom stereocenters. The van der Waals surface area contributed by atoms with Crippen molar-refractivity contribution in [3.8, 4) is 5.75 Å². The molecule has 2 N–H and O–H groups in total. The highest BCUT2D eigenvalue weighted by atomic mass is 19.1. The van der Waals surface area contributed by atoms with Crippen LogP contribution in [0.1, 0.15) is 25.5 Å². The molecule has 0 saturated heterocycles. The zero-order valence-electron chi connectivity index (χ0n) is 14.6. The smallest absolute Gasteiger partial charge is 0.294 e. The number of benzene rings is 2. The number of carbonyl (C=O) groups excluding carboxylic acids is 2. The molecule has 27 heavy (non-hydrogen) atoms. The van der Waals surface area contributed by atoms with Gasteiger partial charge in [-0.2, -0.15) is 0 Å². The van der Waals surface area contributed by atoms with Gasteiger partial charge in [0.1, 0.15) is 17.4 Å². The summed E-state index contributed by atoms with van der Waals surface area (Å²) in [5, 5.41) is 19.9. The highest BCUT2D eigenvalue weighted by Gasteiger charge is 2.45. The van der Waals surface area contributed by atoms with Gasteiger partial charge in [-0.3, -0.25) is 14.5 Å². The molecule has 1 heterocycles. The summed E-state index contributed by atoms with van der Waals surface area (Å²) in [7, 11) is 0. The number of carbonyl (C=O) groups is 2. The summed E-state index contributed by atoms with van der Waals surface area (Å²) >= 11 is 0.